The highest BCUT2D eigenvalue weighted by molar-refractivity contribution is 9.10. The zero-order chi connectivity index (χ0) is 25.1. The molecule has 0 saturated carbocycles. The molecule has 35 heavy (non-hydrogen) atoms. The minimum Gasteiger partial charge on any atom is -0.488 e. The number of amides is 4. The summed E-state index contributed by atoms with van der Waals surface area (Å²) >= 11 is 6.77. The molecule has 3 aromatic carbocycles. The number of anilines is 1. The molecule has 2 N–H and O–H groups in total. The van der Waals surface area contributed by atoms with Gasteiger partial charge in [-0.05, 0) is 66.2 Å². The van der Waals surface area contributed by atoms with Gasteiger partial charge in [0.1, 0.15) is 17.9 Å². The van der Waals surface area contributed by atoms with E-state index in [4.69, 9.17) is 9.84 Å². The van der Waals surface area contributed by atoms with Crippen molar-refractivity contribution in [3.05, 3.63) is 97.9 Å². The van der Waals surface area contributed by atoms with Gasteiger partial charge in [0.05, 0.1) is 11.3 Å². The number of carbonyl (C=O) groups is 4. The number of barbiturate groups is 1. The first kappa shape index (κ1) is 24.4. The highest BCUT2D eigenvalue weighted by Gasteiger charge is 2.37. The number of carboxylic acids is 1. The first-order chi connectivity index (χ1) is 16.7. The summed E-state index contributed by atoms with van der Waals surface area (Å²) in [6.07, 6.45) is 1.35. The summed E-state index contributed by atoms with van der Waals surface area (Å²) in [5.41, 5.74) is 1.20. The normalized spacial score (nSPS) is 14.7. The molecular formula is C25H16Br2N2O6. The number of aromatic carboxylic acids is 1. The summed E-state index contributed by atoms with van der Waals surface area (Å²) in [5, 5.41) is 11.2. The van der Waals surface area contributed by atoms with Crippen molar-refractivity contribution in [1.82, 2.24) is 5.32 Å². The molecule has 0 radical (unpaired) electrons. The predicted octanol–water partition coefficient (Wildman–Crippen LogP) is 5.16. The number of nitrogens with zero attached hydrogens (tertiary/aromatic N) is 1. The zero-order valence-electron chi connectivity index (χ0n) is 17.8. The minimum absolute atomic E-state index is 0.00726. The third-order valence-corrected chi connectivity index (χ3v) is 6.08. The molecule has 0 aliphatic carbocycles. The fourth-order valence-electron chi connectivity index (χ4n) is 3.31. The molecule has 1 saturated heterocycles. The second kappa shape index (κ2) is 10.2. The van der Waals surface area contributed by atoms with Crippen LogP contribution in [0, 0.1) is 0 Å². The first-order valence-electron chi connectivity index (χ1n) is 10.1. The van der Waals surface area contributed by atoms with Gasteiger partial charge in [-0.3, -0.25) is 14.9 Å². The van der Waals surface area contributed by atoms with Crippen LogP contribution in [0.2, 0.25) is 0 Å². The molecule has 4 rings (SSSR count). The number of halogens is 2. The van der Waals surface area contributed by atoms with E-state index in [0.29, 0.717) is 15.8 Å². The largest absolute Gasteiger partial charge is 0.488 e. The van der Waals surface area contributed by atoms with Gasteiger partial charge in [-0.2, -0.15) is 0 Å². The maximum Gasteiger partial charge on any atom is 0.335 e. The molecule has 176 valence electrons. The zero-order valence-corrected chi connectivity index (χ0v) is 21.0. The summed E-state index contributed by atoms with van der Waals surface area (Å²) in [4.78, 5) is 50.1. The highest BCUT2D eigenvalue weighted by atomic mass is 79.9. The standard InChI is InChI=1S/C25H16Br2N2O6/c26-17-5-1-14(2-6-17)13-35-21-10-7-18(27)11-16(21)12-20-22(30)28-25(34)29(23(20)31)19-8-3-15(4-9-19)24(32)33/h1-12H,13H2,(H,32,33)(H,28,30,34)/b20-12+. The molecule has 0 bridgehead atoms. The summed E-state index contributed by atoms with van der Waals surface area (Å²) in [6, 6.07) is 17.0. The summed E-state index contributed by atoms with van der Waals surface area (Å²) in [7, 11) is 0. The maximum atomic E-state index is 13.2. The van der Waals surface area contributed by atoms with E-state index < -0.39 is 23.8 Å². The van der Waals surface area contributed by atoms with E-state index in [0.717, 1.165) is 14.9 Å². The number of urea groups is 1. The average Bonchev–Trinajstić information content (AvgIpc) is 2.82. The highest BCUT2D eigenvalue weighted by Crippen LogP contribution is 2.29. The van der Waals surface area contributed by atoms with Crippen molar-refractivity contribution in [1.29, 1.82) is 0 Å². The number of hydrogen-bond acceptors (Lipinski definition) is 5. The van der Waals surface area contributed by atoms with Crippen LogP contribution in [-0.2, 0) is 16.2 Å². The summed E-state index contributed by atoms with van der Waals surface area (Å²) in [5.74, 6) is -2.41. The lowest BCUT2D eigenvalue weighted by molar-refractivity contribution is -0.122. The van der Waals surface area contributed by atoms with Crippen LogP contribution in [0.25, 0.3) is 6.08 Å². The van der Waals surface area contributed by atoms with Crippen molar-refractivity contribution in [3.8, 4) is 5.75 Å². The van der Waals surface area contributed by atoms with Crippen LogP contribution >= 0.6 is 31.9 Å². The van der Waals surface area contributed by atoms with E-state index in [1.807, 2.05) is 24.3 Å². The third-order valence-electron chi connectivity index (χ3n) is 5.05. The van der Waals surface area contributed by atoms with Crippen molar-refractivity contribution in [2.75, 3.05) is 4.90 Å². The van der Waals surface area contributed by atoms with Crippen molar-refractivity contribution in [2.45, 2.75) is 6.61 Å². The van der Waals surface area contributed by atoms with Crippen molar-refractivity contribution < 1.29 is 29.0 Å². The summed E-state index contributed by atoms with van der Waals surface area (Å²) < 4.78 is 7.57. The Morgan fingerprint density at radius 1 is 0.943 bits per heavy atom. The second-order valence-electron chi connectivity index (χ2n) is 7.41. The average molecular weight is 600 g/mol. The Morgan fingerprint density at radius 3 is 2.26 bits per heavy atom. The van der Waals surface area contributed by atoms with Gasteiger partial charge in [-0.1, -0.05) is 44.0 Å². The van der Waals surface area contributed by atoms with Crippen LogP contribution in [0.15, 0.2) is 81.2 Å². The molecule has 4 amide bonds. The molecule has 0 atom stereocenters. The fraction of sp³-hybridized carbons (Fsp3) is 0.0400. The lowest BCUT2D eigenvalue weighted by atomic mass is 10.1. The minimum atomic E-state index is -1.15. The smallest absolute Gasteiger partial charge is 0.335 e. The fourth-order valence-corrected chi connectivity index (χ4v) is 3.95. The van der Waals surface area contributed by atoms with Gasteiger partial charge in [-0.25, -0.2) is 14.5 Å². The summed E-state index contributed by atoms with van der Waals surface area (Å²) in [6.45, 7) is 0.256. The second-order valence-corrected chi connectivity index (χ2v) is 9.24. The Morgan fingerprint density at radius 2 is 1.60 bits per heavy atom. The van der Waals surface area contributed by atoms with E-state index in [9.17, 15) is 19.2 Å². The number of nitrogens with one attached hydrogen (secondary N) is 1. The number of imide groups is 2. The monoisotopic (exact) mass is 598 g/mol. The number of carbonyl (C=O) groups excluding carboxylic acids is 3. The van der Waals surface area contributed by atoms with Gasteiger partial charge in [0.25, 0.3) is 11.8 Å². The van der Waals surface area contributed by atoms with Crippen molar-refractivity contribution in [3.63, 3.8) is 0 Å². The molecule has 0 unspecified atom stereocenters. The van der Waals surface area contributed by atoms with Crippen LogP contribution in [0.3, 0.4) is 0 Å². The van der Waals surface area contributed by atoms with E-state index in [1.165, 1.54) is 30.3 Å². The third kappa shape index (κ3) is 5.50. The molecule has 1 fully saturated rings. The van der Waals surface area contributed by atoms with E-state index >= 15 is 0 Å². The predicted molar refractivity (Wildman–Crippen MR) is 135 cm³/mol. The molecule has 10 heteroatoms. The SMILES string of the molecule is O=C1NC(=O)N(c2ccc(C(=O)O)cc2)C(=O)/C1=C/c1cc(Br)ccc1OCc1ccc(Br)cc1. The molecule has 3 aromatic rings. The van der Waals surface area contributed by atoms with E-state index in [-0.39, 0.29) is 23.4 Å². The molecule has 0 aromatic heterocycles. The van der Waals surface area contributed by atoms with Crippen molar-refractivity contribution >= 4 is 67.4 Å². The number of carboxylic acid groups (broad SMARTS) is 1. The topological polar surface area (TPSA) is 113 Å². The van der Waals surface area contributed by atoms with Gasteiger partial charge in [0.15, 0.2) is 0 Å². The van der Waals surface area contributed by atoms with Gasteiger partial charge in [0, 0.05) is 14.5 Å². The molecule has 0 spiro atoms. The molecule has 1 aliphatic rings. The van der Waals surface area contributed by atoms with E-state index in [1.54, 1.807) is 18.2 Å². The maximum absolute atomic E-state index is 13.2. The Balaban J connectivity index is 1.65. The Bertz CT molecular complexity index is 1370. The van der Waals surface area contributed by atoms with Gasteiger partial charge in [-0.15, -0.1) is 0 Å². The number of hydrogen-bond donors (Lipinski definition) is 2. The molecule has 8 nitrogen and oxygen atoms in total. The lowest BCUT2D eigenvalue weighted by Gasteiger charge is -2.26. The van der Waals surface area contributed by atoms with Crippen LogP contribution in [0.5, 0.6) is 5.75 Å². The quantitative estimate of drug-likeness (QED) is 0.299. The van der Waals surface area contributed by atoms with Gasteiger partial charge < -0.3 is 9.84 Å². The lowest BCUT2D eigenvalue weighted by Crippen LogP contribution is -2.54. The van der Waals surface area contributed by atoms with Gasteiger partial charge >= 0.3 is 12.0 Å². The Kier molecular flexibility index (Phi) is 7.13. The van der Waals surface area contributed by atoms with Crippen LogP contribution in [-0.4, -0.2) is 28.9 Å². The van der Waals surface area contributed by atoms with E-state index in [2.05, 4.69) is 37.2 Å². The van der Waals surface area contributed by atoms with Crippen LogP contribution in [0.1, 0.15) is 21.5 Å². The Hall–Kier alpha value is -3.76. The van der Waals surface area contributed by atoms with Crippen LogP contribution < -0.4 is 15.0 Å². The molecular weight excluding hydrogens is 584 g/mol. The van der Waals surface area contributed by atoms with Crippen LogP contribution in [0.4, 0.5) is 10.5 Å². The number of benzene rings is 3. The molecule has 1 aliphatic heterocycles. The Labute approximate surface area is 216 Å². The van der Waals surface area contributed by atoms with Crippen molar-refractivity contribution in [2.24, 2.45) is 0 Å². The molecule has 1 heterocycles. The first-order valence-corrected chi connectivity index (χ1v) is 11.7. The van der Waals surface area contributed by atoms with Gasteiger partial charge in [0.2, 0.25) is 0 Å². The number of ether oxygens (including phenoxy) is 1. The number of rotatable bonds is 6.